The predicted molar refractivity (Wildman–Crippen MR) is 261 cm³/mol. The van der Waals surface area contributed by atoms with Crippen LogP contribution < -0.4 is 4.90 Å². The zero-order valence-corrected chi connectivity index (χ0v) is 34.3. The molecule has 62 heavy (non-hydrogen) atoms. The summed E-state index contributed by atoms with van der Waals surface area (Å²) in [7, 11) is 0. The maximum Gasteiger partial charge on any atom is 0.145 e. The number of hydrogen-bond donors (Lipinski definition) is 0. The van der Waals surface area contributed by atoms with Gasteiger partial charge in [0, 0.05) is 44.8 Å². The average molecular weight is 795 g/mol. The van der Waals surface area contributed by atoms with Gasteiger partial charge in [0.2, 0.25) is 0 Å². The first-order chi connectivity index (χ1) is 30.7. The highest BCUT2D eigenvalue weighted by Gasteiger charge is 2.19. The van der Waals surface area contributed by atoms with E-state index in [0.29, 0.717) is 0 Å². The van der Waals surface area contributed by atoms with E-state index in [1.807, 2.05) is 6.07 Å². The molecule has 11 rings (SSSR count). The van der Waals surface area contributed by atoms with E-state index < -0.39 is 0 Å². The quantitative estimate of drug-likeness (QED) is 0.136. The number of allylic oxidation sites excluding steroid dienone is 1. The van der Waals surface area contributed by atoms with Crippen LogP contribution in [-0.4, -0.2) is 14.1 Å². The van der Waals surface area contributed by atoms with E-state index in [4.69, 9.17) is 4.98 Å². The van der Waals surface area contributed by atoms with Gasteiger partial charge in [-0.15, -0.1) is 0 Å². The van der Waals surface area contributed by atoms with Crippen molar-refractivity contribution in [2.45, 2.75) is 6.92 Å². The zero-order valence-electron chi connectivity index (χ0n) is 34.3. The minimum Gasteiger partial charge on any atom is -0.310 e. The van der Waals surface area contributed by atoms with E-state index in [0.717, 1.165) is 62.0 Å². The Labute approximate surface area is 361 Å². The molecule has 2 aromatic heterocycles. The number of para-hydroxylation sites is 5. The lowest BCUT2D eigenvalue weighted by Crippen LogP contribution is -2.10. The minimum absolute atomic E-state index is 0.921. The molecule has 0 aliphatic heterocycles. The second-order valence-corrected chi connectivity index (χ2v) is 15.7. The van der Waals surface area contributed by atoms with Gasteiger partial charge in [-0.2, -0.15) is 0 Å². The highest BCUT2D eigenvalue weighted by atomic mass is 15.1. The van der Waals surface area contributed by atoms with Crippen LogP contribution in [0.2, 0.25) is 0 Å². The van der Waals surface area contributed by atoms with E-state index in [9.17, 15) is 0 Å². The number of fused-ring (bicyclic) bond motifs is 4. The summed E-state index contributed by atoms with van der Waals surface area (Å²) in [5.74, 6) is 0.921. The molecule has 2 heterocycles. The fourth-order valence-corrected chi connectivity index (χ4v) is 8.85. The summed E-state index contributed by atoms with van der Waals surface area (Å²) in [5.41, 5.74) is 16.8. The van der Waals surface area contributed by atoms with E-state index in [1.165, 1.54) is 38.5 Å². The van der Waals surface area contributed by atoms with E-state index >= 15 is 0 Å². The van der Waals surface area contributed by atoms with E-state index in [2.05, 4.69) is 251 Å². The fourth-order valence-electron chi connectivity index (χ4n) is 8.85. The number of anilines is 3. The van der Waals surface area contributed by atoms with Crippen molar-refractivity contribution in [3.63, 3.8) is 0 Å². The summed E-state index contributed by atoms with van der Waals surface area (Å²) in [5, 5.41) is 2.43. The van der Waals surface area contributed by atoms with Crippen LogP contribution in [0.15, 0.2) is 231 Å². The van der Waals surface area contributed by atoms with E-state index in [-0.39, 0.29) is 0 Å². The molecule has 0 saturated carbocycles. The lowest BCUT2D eigenvalue weighted by atomic mass is 10.0. The molecule has 294 valence electrons. The minimum atomic E-state index is 0.921. The summed E-state index contributed by atoms with van der Waals surface area (Å²) < 4.78 is 4.62. The Morgan fingerprint density at radius 2 is 1.00 bits per heavy atom. The molecular formula is C58H42N4. The molecule has 9 aromatic carbocycles. The van der Waals surface area contributed by atoms with Crippen LogP contribution in [0.3, 0.4) is 0 Å². The van der Waals surface area contributed by atoms with E-state index in [1.54, 1.807) is 0 Å². The Hall–Kier alpha value is -8.21. The lowest BCUT2D eigenvalue weighted by Gasteiger charge is -2.26. The first kappa shape index (κ1) is 36.8. The maximum absolute atomic E-state index is 5.11. The van der Waals surface area contributed by atoms with Gasteiger partial charge in [-0.05, 0) is 120 Å². The molecular weight excluding hydrogens is 753 g/mol. The molecule has 0 atom stereocenters. The summed E-state index contributed by atoms with van der Waals surface area (Å²) in [6, 6.07) is 82.3. The smallest absolute Gasteiger partial charge is 0.145 e. The molecule has 0 unspecified atom stereocenters. The highest BCUT2D eigenvalue weighted by molar-refractivity contribution is 6.10. The van der Waals surface area contributed by atoms with Crippen molar-refractivity contribution in [1.82, 2.24) is 14.1 Å². The molecule has 0 aliphatic rings. The monoisotopic (exact) mass is 794 g/mol. The fraction of sp³-hybridized carbons (Fsp3) is 0.0172. The molecule has 4 nitrogen and oxygen atoms in total. The Bertz CT molecular complexity index is 3380. The van der Waals surface area contributed by atoms with Crippen molar-refractivity contribution < 1.29 is 0 Å². The third-order valence-corrected chi connectivity index (χ3v) is 11.8. The van der Waals surface area contributed by atoms with Crippen LogP contribution >= 0.6 is 0 Å². The van der Waals surface area contributed by atoms with Crippen molar-refractivity contribution in [2.24, 2.45) is 0 Å². The van der Waals surface area contributed by atoms with Gasteiger partial charge in [-0.25, -0.2) is 4.98 Å². The number of imidazole rings is 1. The number of nitrogens with zero attached hydrogens (tertiary/aromatic N) is 4. The molecule has 0 aliphatic carbocycles. The molecule has 0 bridgehead atoms. The normalized spacial score (nSPS) is 11.7. The summed E-state index contributed by atoms with van der Waals surface area (Å²) in [4.78, 5) is 7.50. The topological polar surface area (TPSA) is 26.0 Å². The molecule has 0 amide bonds. The first-order valence-electron chi connectivity index (χ1n) is 21.1. The maximum atomic E-state index is 5.11. The van der Waals surface area contributed by atoms with Crippen molar-refractivity contribution in [1.29, 1.82) is 0 Å². The van der Waals surface area contributed by atoms with Crippen molar-refractivity contribution in [3.8, 4) is 33.9 Å². The van der Waals surface area contributed by atoms with Crippen molar-refractivity contribution >= 4 is 61.6 Å². The van der Waals surface area contributed by atoms with Crippen LogP contribution in [0.25, 0.3) is 78.4 Å². The van der Waals surface area contributed by atoms with Crippen LogP contribution in [0, 0.1) is 0 Å². The lowest BCUT2D eigenvalue weighted by molar-refractivity contribution is 1.10. The number of hydrogen-bond acceptors (Lipinski definition) is 2. The summed E-state index contributed by atoms with van der Waals surface area (Å²) in [6.45, 7) is 2.18. The van der Waals surface area contributed by atoms with Gasteiger partial charge < -0.3 is 9.47 Å². The van der Waals surface area contributed by atoms with Crippen molar-refractivity contribution in [3.05, 3.63) is 242 Å². The third-order valence-electron chi connectivity index (χ3n) is 11.8. The Kier molecular flexibility index (Phi) is 9.36. The molecule has 0 N–H and O–H groups in total. The first-order valence-corrected chi connectivity index (χ1v) is 21.1. The number of aromatic nitrogens is 3. The van der Waals surface area contributed by atoms with Gasteiger partial charge in [0.15, 0.2) is 0 Å². The number of rotatable bonds is 9. The summed E-state index contributed by atoms with van der Waals surface area (Å²) in [6.07, 6.45) is 2.25. The SMILES string of the molecule is C/C(=C\c1ccccc1)c1ccc(N(c2cccc(-c3ccc(-c4nc5ccccc5n4-c4ccccc4)cc3)c2)c2ccc3c(c2)c2ccccc2n3-c2ccccc2)cc1. The van der Waals surface area contributed by atoms with Crippen LogP contribution in [0.5, 0.6) is 0 Å². The molecule has 0 fully saturated rings. The van der Waals surface area contributed by atoms with Gasteiger partial charge in [0.05, 0.1) is 22.1 Å². The van der Waals surface area contributed by atoms with Gasteiger partial charge in [-0.3, -0.25) is 4.57 Å². The largest absolute Gasteiger partial charge is 0.310 e. The average Bonchev–Trinajstić information content (AvgIpc) is 3.89. The molecule has 0 spiro atoms. The second kappa shape index (κ2) is 15.8. The molecule has 11 aromatic rings. The third kappa shape index (κ3) is 6.74. The molecule has 0 radical (unpaired) electrons. The Morgan fingerprint density at radius 1 is 0.419 bits per heavy atom. The summed E-state index contributed by atoms with van der Waals surface area (Å²) >= 11 is 0. The second-order valence-electron chi connectivity index (χ2n) is 15.7. The zero-order chi connectivity index (χ0) is 41.4. The Balaban J connectivity index is 1.01. The van der Waals surface area contributed by atoms with Gasteiger partial charge >= 0.3 is 0 Å². The van der Waals surface area contributed by atoms with Gasteiger partial charge in [0.1, 0.15) is 5.82 Å². The van der Waals surface area contributed by atoms with Crippen molar-refractivity contribution in [2.75, 3.05) is 4.90 Å². The standard InChI is InChI=1S/C58H42N4/c1-41(38-42-16-5-2-6-17-42)43-32-34-49(35-33-43)60(51-36-37-56-53(40-51)52-24-11-13-26-55(52)61(56)47-19-7-3-8-20-47)50-23-15-18-46(39-50)44-28-30-45(31-29-44)58-59-54-25-12-14-27-57(54)62(58)48-21-9-4-10-22-48/h2-40H,1H3/b41-38+. The van der Waals surface area contributed by atoms with Crippen LogP contribution in [0.4, 0.5) is 17.1 Å². The van der Waals surface area contributed by atoms with Gasteiger partial charge in [0.25, 0.3) is 0 Å². The number of benzene rings is 9. The van der Waals surface area contributed by atoms with Crippen LogP contribution in [-0.2, 0) is 0 Å². The van der Waals surface area contributed by atoms with Crippen LogP contribution in [0.1, 0.15) is 18.1 Å². The predicted octanol–water partition coefficient (Wildman–Crippen LogP) is 15.5. The highest BCUT2D eigenvalue weighted by Crippen LogP contribution is 2.41. The molecule has 0 saturated heterocycles. The van der Waals surface area contributed by atoms with Gasteiger partial charge in [-0.1, -0.05) is 152 Å². The molecule has 4 heteroatoms. The Morgan fingerprint density at radius 3 is 1.74 bits per heavy atom.